The number of anilines is 1. The second-order valence-corrected chi connectivity index (χ2v) is 7.81. The fraction of sp³-hybridized carbons (Fsp3) is 0.409. The van der Waals surface area contributed by atoms with E-state index in [1.165, 1.54) is 25.1 Å². The minimum absolute atomic E-state index is 0.0844. The summed E-state index contributed by atoms with van der Waals surface area (Å²) < 4.78 is 0. The minimum Gasteiger partial charge on any atom is -0.504 e. The van der Waals surface area contributed by atoms with E-state index in [-0.39, 0.29) is 12.0 Å². The van der Waals surface area contributed by atoms with Gasteiger partial charge in [-0.2, -0.15) is 0 Å². The molecule has 184 valence electrons. The van der Waals surface area contributed by atoms with Crippen LogP contribution < -0.4 is 16.0 Å². The van der Waals surface area contributed by atoms with Crippen LogP contribution in [0.4, 0.5) is 5.95 Å². The van der Waals surface area contributed by atoms with Crippen molar-refractivity contribution in [2.75, 3.05) is 11.9 Å². The van der Waals surface area contributed by atoms with Gasteiger partial charge in [0.25, 0.3) is 5.91 Å². The second kappa shape index (κ2) is 11.8. The number of nitrogens with zero attached hydrogens (tertiary/aromatic N) is 2. The van der Waals surface area contributed by atoms with Crippen molar-refractivity contribution < 1.29 is 34.8 Å². The standard InChI is InChI=1S/C22H29N5O7/c1-11-10-12(2)25-22(24-11)23-9-5-7-15(20(32)27-17(13(3)28)21(33)34)26-19(31)14-6-4-8-16(29)18(14)30/h4,6,8,10,13,15,17,28-30H,5,7,9H2,1-3H3,(H,26,31)(H,27,32)(H,33,34)(H,23,24,25)/t13-,15+,17+/m1/s1. The van der Waals surface area contributed by atoms with Crippen LogP contribution in [0.15, 0.2) is 24.3 Å². The van der Waals surface area contributed by atoms with Gasteiger partial charge in [-0.05, 0) is 51.8 Å². The van der Waals surface area contributed by atoms with E-state index in [2.05, 4.69) is 25.9 Å². The number of carbonyl (C=O) groups excluding carboxylic acids is 2. The van der Waals surface area contributed by atoms with Crippen LogP contribution in [0, 0.1) is 13.8 Å². The molecule has 2 aromatic rings. The quantitative estimate of drug-likeness (QED) is 0.177. The molecule has 0 fully saturated rings. The Hall–Kier alpha value is -3.93. The smallest absolute Gasteiger partial charge is 0.328 e. The Kier molecular flexibility index (Phi) is 9.13. The first kappa shape index (κ1) is 26.3. The maximum atomic E-state index is 12.8. The van der Waals surface area contributed by atoms with Crippen LogP contribution in [0.25, 0.3) is 0 Å². The molecule has 12 nitrogen and oxygen atoms in total. The monoisotopic (exact) mass is 475 g/mol. The summed E-state index contributed by atoms with van der Waals surface area (Å²) in [4.78, 5) is 45.3. The van der Waals surface area contributed by atoms with Gasteiger partial charge in [-0.3, -0.25) is 9.59 Å². The maximum absolute atomic E-state index is 12.8. The number of para-hydroxylation sites is 1. The fourth-order valence-electron chi connectivity index (χ4n) is 3.17. The summed E-state index contributed by atoms with van der Waals surface area (Å²) in [5, 5.41) is 46.2. The third kappa shape index (κ3) is 7.30. The molecule has 0 aliphatic rings. The van der Waals surface area contributed by atoms with Crippen LogP contribution >= 0.6 is 0 Å². The van der Waals surface area contributed by atoms with Gasteiger partial charge >= 0.3 is 5.97 Å². The Morgan fingerprint density at radius 2 is 1.71 bits per heavy atom. The number of carboxylic acids is 1. The molecule has 2 rings (SSSR count). The van der Waals surface area contributed by atoms with Crippen LogP contribution in [0.5, 0.6) is 11.5 Å². The lowest BCUT2D eigenvalue weighted by Crippen LogP contribution is -2.54. The number of aliphatic hydroxyl groups excluding tert-OH is 1. The van der Waals surface area contributed by atoms with Crippen LogP contribution in [0.2, 0.25) is 0 Å². The molecule has 0 bridgehead atoms. The highest BCUT2D eigenvalue weighted by Crippen LogP contribution is 2.28. The molecule has 1 heterocycles. The van der Waals surface area contributed by atoms with E-state index in [4.69, 9.17) is 0 Å². The lowest BCUT2D eigenvalue weighted by molar-refractivity contribution is -0.145. The Balaban J connectivity index is 2.12. The molecule has 0 spiro atoms. The first-order valence-electron chi connectivity index (χ1n) is 10.6. The van der Waals surface area contributed by atoms with Crippen molar-refractivity contribution in [3.05, 3.63) is 41.2 Å². The van der Waals surface area contributed by atoms with Crippen LogP contribution in [0.3, 0.4) is 0 Å². The van der Waals surface area contributed by atoms with Gasteiger partial charge in [0.2, 0.25) is 11.9 Å². The summed E-state index contributed by atoms with van der Waals surface area (Å²) in [5.41, 5.74) is 1.30. The Labute approximate surface area is 196 Å². The predicted molar refractivity (Wildman–Crippen MR) is 122 cm³/mol. The van der Waals surface area contributed by atoms with Crippen molar-refractivity contribution in [1.29, 1.82) is 0 Å². The lowest BCUT2D eigenvalue weighted by atomic mass is 10.1. The van der Waals surface area contributed by atoms with E-state index < -0.39 is 47.5 Å². The van der Waals surface area contributed by atoms with E-state index in [0.29, 0.717) is 18.9 Å². The zero-order chi connectivity index (χ0) is 25.4. The lowest BCUT2D eigenvalue weighted by Gasteiger charge is -2.23. The van der Waals surface area contributed by atoms with Crippen LogP contribution in [0.1, 0.15) is 41.5 Å². The predicted octanol–water partition coefficient (Wildman–Crippen LogP) is 0.446. The van der Waals surface area contributed by atoms with Gasteiger partial charge in [0, 0.05) is 17.9 Å². The van der Waals surface area contributed by atoms with E-state index in [9.17, 15) is 34.8 Å². The zero-order valence-corrected chi connectivity index (χ0v) is 19.1. The van der Waals surface area contributed by atoms with Crippen molar-refractivity contribution in [1.82, 2.24) is 20.6 Å². The molecular formula is C22H29N5O7. The molecule has 0 aliphatic heterocycles. The van der Waals surface area contributed by atoms with E-state index in [0.717, 1.165) is 11.4 Å². The number of aromatic hydroxyl groups is 2. The Bertz CT molecular complexity index is 1020. The van der Waals surface area contributed by atoms with Crippen molar-refractivity contribution in [2.24, 2.45) is 0 Å². The first-order chi connectivity index (χ1) is 16.0. The molecule has 0 aliphatic carbocycles. The number of amides is 2. The van der Waals surface area contributed by atoms with Crippen molar-refractivity contribution >= 4 is 23.7 Å². The number of hydrogen-bond acceptors (Lipinski definition) is 9. The number of carbonyl (C=O) groups is 3. The van der Waals surface area contributed by atoms with Crippen LogP contribution in [-0.4, -0.2) is 72.9 Å². The molecule has 34 heavy (non-hydrogen) atoms. The number of aryl methyl sites for hydroxylation is 2. The molecule has 0 saturated carbocycles. The third-order valence-corrected chi connectivity index (χ3v) is 4.86. The van der Waals surface area contributed by atoms with Gasteiger partial charge in [-0.25, -0.2) is 14.8 Å². The van der Waals surface area contributed by atoms with E-state index in [1.54, 1.807) is 0 Å². The number of aliphatic hydroxyl groups is 1. The normalized spacial score (nSPS) is 13.4. The number of aromatic nitrogens is 2. The maximum Gasteiger partial charge on any atom is 0.328 e. The van der Waals surface area contributed by atoms with Gasteiger partial charge in [0.05, 0.1) is 11.7 Å². The topological polar surface area (TPSA) is 194 Å². The van der Waals surface area contributed by atoms with Gasteiger partial charge < -0.3 is 36.4 Å². The summed E-state index contributed by atoms with van der Waals surface area (Å²) >= 11 is 0. The number of benzene rings is 1. The van der Waals surface area contributed by atoms with Gasteiger partial charge in [0.1, 0.15) is 6.04 Å². The molecule has 7 N–H and O–H groups in total. The van der Waals surface area contributed by atoms with Gasteiger partial charge in [0.15, 0.2) is 17.5 Å². The number of aliphatic carboxylic acids is 1. The molecule has 3 atom stereocenters. The second-order valence-electron chi connectivity index (χ2n) is 7.81. The molecule has 2 amide bonds. The SMILES string of the molecule is Cc1cc(C)nc(NCCC[C@H](NC(=O)c2cccc(O)c2O)C(=O)N[C@H](C(=O)O)[C@@H](C)O)n1. The Morgan fingerprint density at radius 3 is 2.29 bits per heavy atom. The average Bonchev–Trinajstić information content (AvgIpc) is 2.74. The summed E-state index contributed by atoms with van der Waals surface area (Å²) in [6, 6.07) is 2.84. The molecule has 12 heteroatoms. The molecular weight excluding hydrogens is 446 g/mol. The number of phenolic OH excluding ortho intramolecular Hbond substituents is 2. The van der Waals surface area contributed by atoms with Crippen molar-refractivity contribution in [2.45, 2.75) is 51.8 Å². The number of rotatable bonds is 11. The first-order valence-corrected chi connectivity index (χ1v) is 10.6. The largest absolute Gasteiger partial charge is 0.504 e. The molecule has 0 saturated heterocycles. The van der Waals surface area contributed by atoms with Crippen LogP contribution in [-0.2, 0) is 9.59 Å². The van der Waals surface area contributed by atoms with E-state index >= 15 is 0 Å². The molecule has 1 aromatic heterocycles. The highest BCUT2D eigenvalue weighted by molar-refractivity contribution is 6.00. The highest BCUT2D eigenvalue weighted by atomic mass is 16.4. The molecule has 1 aromatic carbocycles. The number of hydrogen-bond donors (Lipinski definition) is 7. The summed E-state index contributed by atoms with van der Waals surface area (Å²) in [6.45, 7) is 5.21. The summed E-state index contributed by atoms with van der Waals surface area (Å²) in [5.74, 6) is -3.86. The third-order valence-electron chi connectivity index (χ3n) is 4.86. The summed E-state index contributed by atoms with van der Waals surface area (Å²) in [7, 11) is 0. The Morgan fingerprint density at radius 1 is 1.06 bits per heavy atom. The van der Waals surface area contributed by atoms with E-state index in [1.807, 2.05) is 19.9 Å². The van der Waals surface area contributed by atoms with Crippen molar-refractivity contribution in [3.8, 4) is 11.5 Å². The summed E-state index contributed by atoms with van der Waals surface area (Å²) in [6.07, 6.45) is -0.940. The average molecular weight is 476 g/mol. The molecule has 0 radical (unpaired) electrons. The zero-order valence-electron chi connectivity index (χ0n) is 19.1. The van der Waals surface area contributed by atoms with Crippen molar-refractivity contribution in [3.63, 3.8) is 0 Å². The highest BCUT2D eigenvalue weighted by Gasteiger charge is 2.30. The fourth-order valence-corrected chi connectivity index (χ4v) is 3.17. The number of carboxylic acid groups (broad SMARTS) is 1. The number of phenols is 2. The van der Waals surface area contributed by atoms with Gasteiger partial charge in [-0.1, -0.05) is 6.07 Å². The number of nitrogens with one attached hydrogen (secondary N) is 3. The van der Waals surface area contributed by atoms with Gasteiger partial charge in [-0.15, -0.1) is 0 Å². The molecule has 0 unspecified atom stereocenters. The minimum atomic E-state index is -1.58.